The van der Waals surface area contributed by atoms with Crippen LogP contribution < -0.4 is 10.2 Å². The van der Waals surface area contributed by atoms with Crippen LogP contribution in [0, 0.1) is 5.92 Å². The van der Waals surface area contributed by atoms with Gasteiger partial charge in [0.05, 0.1) is 5.02 Å². The number of anilines is 2. The van der Waals surface area contributed by atoms with Gasteiger partial charge in [0.1, 0.15) is 4.90 Å². The summed E-state index contributed by atoms with van der Waals surface area (Å²) in [4.78, 5) is 15.1. The number of likely N-dealkylation sites (N-methyl/N-ethyl adjacent to an activating group) is 1. The van der Waals surface area contributed by atoms with Crippen LogP contribution in [0.1, 0.15) is 25.3 Å². The summed E-state index contributed by atoms with van der Waals surface area (Å²) in [7, 11) is -3.76. The van der Waals surface area contributed by atoms with Crippen molar-refractivity contribution in [3.8, 4) is 0 Å². The molecule has 0 atom stereocenters. The number of nitrogens with zero attached hydrogens (tertiary/aromatic N) is 2. The van der Waals surface area contributed by atoms with E-state index >= 15 is 0 Å². The lowest BCUT2D eigenvalue weighted by Crippen LogP contribution is -2.41. The van der Waals surface area contributed by atoms with Gasteiger partial charge in [0.15, 0.2) is 0 Å². The van der Waals surface area contributed by atoms with Crippen LogP contribution >= 0.6 is 23.2 Å². The number of benzene rings is 2. The van der Waals surface area contributed by atoms with Gasteiger partial charge in [-0.3, -0.25) is 4.79 Å². The zero-order valence-corrected chi connectivity index (χ0v) is 19.6. The summed E-state index contributed by atoms with van der Waals surface area (Å²) in [6.45, 7) is 4.59. The molecule has 0 saturated carbocycles. The second-order valence-corrected chi connectivity index (χ2v) is 10.7. The van der Waals surface area contributed by atoms with E-state index in [2.05, 4.69) is 23.2 Å². The van der Waals surface area contributed by atoms with Gasteiger partial charge in [-0.25, -0.2) is 8.42 Å². The Hall–Kier alpha value is -1.80. The summed E-state index contributed by atoms with van der Waals surface area (Å²) in [6.07, 6.45) is 1.94. The molecule has 9 heteroatoms. The molecule has 4 rings (SSSR count). The van der Waals surface area contributed by atoms with Gasteiger partial charge in [-0.1, -0.05) is 29.3 Å². The van der Waals surface area contributed by atoms with E-state index in [1.807, 2.05) is 12.1 Å². The number of piperidine rings is 1. The molecule has 2 aliphatic heterocycles. The van der Waals surface area contributed by atoms with E-state index in [0.29, 0.717) is 17.9 Å². The van der Waals surface area contributed by atoms with Gasteiger partial charge >= 0.3 is 0 Å². The minimum atomic E-state index is -3.76. The van der Waals surface area contributed by atoms with Crippen molar-refractivity contribution in [2.24, 2.45) is 5.92 Å². The molecule has 1 amide bonds. The topological polar surface area (TPSA) is 69.7 Å². The van der Waals surface area contributed by atoms with Gasteiger partial charge in [-0.15, -0.1) is 0 Å². The molecule has 166 valence electrons. The molecular formula is C22H25Cl2N3O3S. The number of carbonyl (C=O) groups is 1. The highest BCUT2D eigenvalue weighted by Gasteiger charge is 2.33. The van der Waals surface area contributed by atoms with Gasteiger partial charge in [0.25, 0.3) is 0 Å². The van der Waals surface area contributed by atoms with E-state index in [-0.39, 0.29) is 34.8 Å². The molecule has 1 saturated heterocycles. The quantitative estimate of drug-likeness (QED) is 0.686. The minimum Gasteiger partial charge on any atom is -0.371 e. The van der Waals surface area contributed by atoms with Gasteiger partial charge in [-0.2, -0.15) is 4.31 Å². The third-order valence-electron chi connectivity index (χ3n) is 6.06. The second-order valence-electron chi connectivity index (χ2n) is 7.92. The predicted molar refractivity (Wildman–Crippen MR) is 125 cm³/mol. The van der Waals surface area contributed by atoms with Crippen molar-refractivity contribution >= 4 is 50.5 Å². The van der Waals surface area contributed by atoms with Crippen molar-refractivity contribution in [1.82, 2.24) is 4.31 Å². The third kappa shape index (κ3) is 4.55. The maximum Gasteiger partial charge on any atom is 0.244 e. The standard InChI is InChI=1S/C22H25Cl2N3O3S/c1-2-26-10-7-15-3-5-18(14-20(15)26)25-22(28)16-8-11-27(12-9-16)31(29,30)21-13-17(23)4-6-19(21)24/h3-6,13-14,16H,2,7-12H2,1H3,(H,25,28). The maximum absolute atomic E-state index is 13.0. The van der Waals surface area contributed by atoms with Crippen molar-refractivity contribution in [3.63, 3.8) is 0 Å². The lowest BCUT2D eigenvalue weighted by Gasteiger charge is -2.30. The molecule has 0 aromatic heterocycles. The number of fused-ring (bicyclic) bond motifs is 1. The van der Waals surface area contributed by atoms with Crippen molar-refractivity contribution in [2.45, 2.75) is 31.1 Å². The Bertz CT molecular complexity index is 1100. The average Bonchev–Trinajstić information content (AvgIpc) is 3.17. The fourth-order valence-corrected chi connectivity index (χ4v) is 6.48. The molecule has 6 nitrogen and oxygen atoms in total. The Labute approximate surface area is 193 Å². The van der Waals surface area contributed by atoms with Crippen molar-refractivity contribution in [3.05, 3.63) is 52.0 Å². The Morgan fingerprint density at radius 2 is 1.84 bits per heavy atom. The number of nitrogens with one attached hydrogen (secondary N) is 1. The maximum atomic E-state index is 13.0. The summed E-state index contributed by atoms with van der Waals surface area (Å²) in [5.41, 5.74) is 3.27. The third-order valence-corrected chi connectivity index (χ3v) is 8.68. The molecule has 0 aliphatic carbocycles. The molecule has 2 aromatic carbocycles. The molecule has 2 aromatic rings. The Morgan fingerprint density at radius 3 is 2.55 bits per heavy atom. The van der Waals surface area contributed by atoms with E-state index in [9.17, 15) is 13.2 Å². The Morgan fingerprint density at radius 1 is 1.10 bits per heavy atom. The Kier molecular flexibility index (Phi) is 6.49. The molecule has 2 heterocycles. The minimum absolute atomic E-state index is 0.00295. The SMILES string of the molecule is CCN1CCc2ccc(NC(=O)C3CCN(S(=O)(=O)c4cc(Cl)ccc4Cl)CC3)cc21. The Balaban J connectivity index is 1.40. The highest BCUT2D eigenvalue weighted by Crippen LogP contribution is 2.32. The number of halogens is 2. The van der Waals surface area contributed by atoms with E-state index in [1.54, 1.807) is 6.07 Å². The first-order valence-corrected chi connectivity index (χ1v) is 12.6. The van der Waals surface area contributed by atoms with Crippen molar-refractivity contribution in [1.29, 1.82) is 0 Å². The van der Waals surface area contributed by atoms with Crippen LogP contribution in [0.5, 0.6) is 0 Å². The number of amides is 1. The molecular weight excluding hydrogens is 457 g/mol. The molecule has 0 bridgehead atoms. The van der Waals surface area contributed by atoms with Gasteiger partial charge < -0.3 is 10.2 Å². The second kappa shape index (κ2) is 8.98. The highest BCUT2D eigenvalue weighted by molar-refractivity contribution is 7.89. The number of hydrogen-bond acceptors (Lipinski definition) is 4. The molecule has 2 aliphatic rings. The van der Waals surface area contributed by atoms with Crippen LogP contribution in [0.2, 0.25) is 10.0 Å². The summed E-state index contributed by atoms with van der Waals surface area (Å²) >= 11 is 12.1. The number of sulfonamides is 1. The summed E-state index contributed by atoms with van der Waals surface area (Å²) < 4.78 is 27.3. The van der Waals surface area contributed by atoms with Crippen LogP contribution in [-0.4, -0.2) is 44.8 Å². The van der Waals surface area contributed by atoms with Gasteiger partial charge in [-0.05, 0) is 62.1 Å². The lowest BCUT2D eigenvalue weighted by molar-refractivity contribution is -0.120. The molecule has 1 fully saturated rings. The first kappa shape index (κ1) is 22.4. The van der Waals surface area contributed by atoms with E-state index in [4.69, 9.17) is 23.2 Å². The normalized spacial score (nSPS) is 17.6. The molecule has 0 spiro atoms. The van der Waals surface area contributed by atoms with E-state index < -0.39 is 10.0 Å². The highest BCUT2D eigenvalue weighted by atomic mass is 35.5. The van der Waals surface area contributed by atoms with E-state index in [0.717, 1.165) is 25.2 Å². The fraction of sp³-hybridized carbons (Fsp3) is 0.409. The van der Waals surface area contributed by atoms with Crippen LogP contribution in [0.15, 0.2) is 41.3 Å². The van der Waals surface area contributed by atoms with Gasteiger partial charge in [0.2, 0.25) is 15.9 Å². The molecule has 31 heavy (non-hydrogen) atoms. The van der Waals surface area contributed by atoms with Crippen LogP contribution in [0.4, 0.5) is 11.4 Å². The van der Waals surface area contributed by atoms with Crippen LogP contribution in [0.3, 0.4) is 0 Å². The zero-order valence-electron chi connectivity index (χ0n) is 17.3. The smallest absolute Gasteiger partial charge is 0.244 e. The summed E-state index contributed by atoms with van der Waals surface area (Å²) in [6, 6.07) is 10.4. The van der Waals surface area contributed by atoms with Crippen molar-refractivity contribution < 1.29 is 13.2 Å². The first-order valence-electron chi connectivity index (χ1n) is 10.4. The zero-order chi connectivity index (χ0) is 22.2. The van der Waals surface area contributed by atoms with Crippen LogP contribution in [-0.2, 0) is 21.2 Å². The largest absolute Gasteiger partial charge is 0.371 e. The monoisotopic (exact) mass is 481 g/mol. The van der Waals surface area contributed by atoms with Crippen LogP contribution in [0.25, 0.3) is 0 Å². The fourth-order valence-electron chi connectivity index (χ4n) is 4.27. The lowest BCUT2D eigenvalue weighted by atomic mass is 9.97. The summed E-state index contributed by atoms with van der Waals surface area (Å²) in [5, 5.41) is 3.47. The number of carbonyl (C=O) groups excluding carboxylic acids is 1. The number of hydrogen-bond donors (Lipinski definition) is 1. The van der Waals surface area contributed by atoms with E-state index in [1.165, 1.54) is 27.7 Å². The summed E-state index contributed by atoms with van der Waals surface area (Å²) in [5.74, 6) is -0.310. The van der Waals surface area contributed by atoms with Gasteiger partial charge in [0, 0.05) is 48.5 Å². The molecule has 1 N–H and O–H groups in total. The number of rotatable bonds is 5. The van der Waals surface area contributed by atoms with Crippen molar-refractivity contribution in [2.75, 3.05) is 36.4 Å². The molecule has 0 radical (unpaired) electrons. The first-order chi connectivity index (χ1) is 14.8. The molecule has 0 unspecified atom stereocenters. The predicted octanol–water partition coefficient (Wildman–Crippen LogP) is 4.42. The average molecular weight is 482 g/mol.